The van der Waals surface area contributed by atoms with Gasteiger partial charge in [0.2, 0.25) is 5.88 Å². The fourth-order valence-corrected chi connectivity index (χ4v) is 1.85. The standard InChI is InChI=1S/C12H15N3O/c1-9-5-10(7-13)6-12(15-9)16-11-3-2-4-14-8-11/h5-6,11,14H,2-4,8H2,1H3/t11-/m0/s1. The molecule has 4 heteroatoms. The molecular formula is C12H15N3O. The van der Waals surface area contributed by atoms with Gasteiger partial charge in [-0.15, -0.1) is 0 Å². The minimum atomic E-state index is 0.176. The highest BCUT2D eigenvalue weighted by molar-refractivity contribution is 5.34. The zero-order chi connectivity index (χ0) is 11.4. The maximum atomic E-state index is 8.85. The lowest BCUT2D eigenvalue weighted by molar-refractivity contribution is 0.160. The average molecular weight is 217 g/mol. The number of ether oxygens (including phenoxy) is 1. The van der Waals surface area contributed by atoms with Crippen molar-refractivity contribution in [2.24, 2.45) is 0 Å². The Morgan fingerprint density at radius 3 is 3.12 bits per heavy atom. The lowest BCUT2D eigenvalue weighted by Crippen LogP contribution is -2.37. The Morgan fingerprint density at radius 2 is 2.44 bits per heavy atom. The van der Waals surface area contributed by atoms with Crippen molar-refractivity contribution in [2.75, 3.05) is 13.1 Å². The van der Waals surface area contributed by atoms with Crippen LogP contribution in [-0.2, 0) is 0 Å². The molecule has 84 valence electrons. The quantitative estimate of drug-likeness (QED) is 0.813. The van der Waals surface area contributed by atoms with E-state index in [0.29, 0.717) is 11.4 Å². The molecule has 1 fully saturated rings. The molecule has 2 heterocycles. The number of aromatic nitrogens is 1. The number of nitrogens with one attached hydrogen (secondary N) is 1. The highest BCUT2D eigenvalue weighted by Crippen LogP contribution is 2.15. The molecule has 1 atom stereocenters. The van der Waals surface area contributed by atoms with Gasteiger partial charge in [-0.25, -0.2) is 4.98 Å². The average Bonchev–Trinajstić information content (AvgIpc) is 2.29. The Bertz CT molecular complexity index is 405. The van der Waals surface area contributed by atoms with E-state index in [1.54, 1.807) is 12.1 Å². The Kier molecular flexibility index (Phi) is 3.37. The van der Waals surface area contributed by atoms with Crippen molar-refractivity contribution in [2.45, 2.75) is 25.9 Å². The third-order valence-corrected chi connectivity index (χ3v) is 2.60. The lowest BCUT2D eigenvalue weighted by Gasteiger charge is -2.23. The van der Waals surface area contributed by atoms with E-state index in [1.807, 2.05) is 6.92 Å². The summed E-state index contributed by atoms with van der Waals surface area (Å²) < 4.78 is 5.75. The topological polar surface area (TPSA) is 57.9 Å². The van der Waals surface area contributed by atoms with Crippen LogP contribution in [0.3, 0.4) is 0 Å². The SMILES string of the molecule is Cc1cc(C#N)cc(O[C@H]2CCCNC2)n1. The smallest absolute Gasteiger partial charge is 0.215 e. The number of aryl methyl sites for hydroxylation is 1. The summed E-state index contributed by atoms with van der Waals surface area (Å²) in [6, 6.07) is 5.56. The summed E-state index contributed by atoms with van der Waals surface area (Å²) in [7, 11) is 0. The second-order valence-corrected chi connectivity index (χ2v) is 4.03. The normalized spacial score (nSPS) is 20.1. The Labute approximate surface area is 95.3 Å². The molecule has 2 rings (SSSR count). The fraction of sp³-hybridized carbons (Fsp3) is 0.500. The first-order chi connectivity index (χ1) is 7.78. The summed E-state index contributed by atoms with van der Waals surface area (Å²) in [5.41, 5.74) is 1.42. The van der Waals surface area contributed by atoms with E-state index in [9.17, 15) is 0 Å². The second kappa shape index (κ2) is 4.95. The van der Waals surface area contributed by atoms with Crippen LogP contribution >= 0.6 is 0 Å². The molecule has 0 spiro atoms. The van der Waals surface area contributed by atoms with Crippen LogP contribution < -0.4 is 10.1 Å². The number of nitrogens with zero attached hydrogens (tertiary/aromatic N) is 2. The molecule has 0 aliphatic carbocycles. The van der Waals surface area contributed by atoms with Gasteiger partial charge in [-0.1, -0.05) is 0 Å². The highest BCUT2D eigenvalue weighted by atomic mass is 16.5. The first kappa shape index (κ1) is 10.9. The van der Waals surface area contributed by atoms with E-state index < -0.39 is 0 Å². The molecular weight excluding hydrogens is 202 g/mol. The van der Waals surface area contributed by atoms with Crippen LogP contribution in [0.15, 0.2) is 12.1 Å². The van der Waals surface area contributed by atoms with Crippen molar-refractivity contribution in [1.29, 1.82) is 5.26 Å². The van der Waals surface area contributed by atoms with Crippen LogP contribution in [-0.4, -0.2) is 24.2 Å². The summed E-state index contributed by atoms with van der Waals surface area (Å²) in [6.45, 7) is 3.79. The number of nitriles is 1. The predicted molar refractivity (Wildman–Crippen MR) is 60.2 cm³/mol. The minimum Gasteiger partial charge on any atom is -0.473 e. The van der Waals surface area contributed by atoms with Gasteiger partial charge in [0.25, 0.3) is 0 Å². The van der Waals surface area contributed by atoms with E-state index in [0.717, 1.165) is 31.6 Å². The Morgan fingerprint density at radius 1 is 1.56 bits per heavy atom. The van der Waals surface area contributed by atoms with Gasteiger partial charge in [-0.05, 0) is 32.4 Å². The summed E-state index contributed by atoms with van der Waals surface area (Å²) in [4.78, 5) is 4.27. The van der Waals surface area contributed by atoms with Gasteiger partial charge in [0.05, 0.1) is 11.6 Å². The van der Waals surface area contributed by atoms with E-state index in [-0.39, 0.29) is 6.10 Å². The molecule has 0 unspecified atom stereocenters. The van der Waals surface area contributed by atoms with Crippen molar-refractivity contribution >= 4 is 0 Å². The Balaban J connectivity index is 2.08. The third kappa shape index (κ3) is 2.71. The third-order valence-electron chi connectivity index (χ3n) is 2.60. The van der Waals surface area contributed by atoms with Crippen LogP contribution in [0.4, 0.5) is 0 Å². The molecule has 16 heavy (non-hydrogen) atoms. The van der Waals surface area contributed by atoms with Crippen molar-refractivity contribution in [3.63, 3.8) is 0 Å². The summed E-state index contributed by atoms with van der Waals surface area (Å²) >= 11 is 0. The molecule has 1 aliphatic heterocycles. The van der Waals surface area contributed by atoms with Crippen LogP contribution in [0.25, 0.3) is 0 Å². The second-order valence-electron chi connectivity index (χ2n) is 4.03. The monoisotopic (exact) mass is 217 g/mol. The molecule has 0 bridgehead atoms. The fourth-order valence-electron chi connectivity index (χ4n) is 1.85. The number of pyridine rings is 1. The van der Waals surface area contributed by atoms with Gasteiger partial charge in [0.15, 0.2) is 0 Å². The highest BCUT2D eigenvalue weighted by Gasteiger charge is 2.15. The Hall–Kier alpha value is -1.60. The predicted octanol–water partition coefficient (Wildman–Crippen LogP) is 1.39. The summed E-state index contributed by atoms with van der Waals surface area (Å²) in [5, 5.41) is 12.1. The van der Waals surface area contributed by atoms with Gasteiger partial charge < -0.3 is 10.1 Å². The zero-order valence-corrected chi connectivity index (χ0v) is 9.36. The molecule has 1 aromatic rings. The zero-order valence-electron chi connectivity index (χ0n) is 9.36. The minimum absolute atomic E-state index is 0.176. The van der Waals surface area contributed by atoms with Crippen molar-refractivity contribution in [3.05, 3.63) is 23.4 Å². The summed E-state index contributed by atoms with van der Waals surface area (Å²) in [5.74, 6) is 0.560. The van der Waals surface area contributed by atoms with Crippen LogP contribution in [0.1, 0.15) is 24.1 Å². The number of hydrogen-bond donors (Lipinski definition) is 1. The molecule has 0 saturated carbocycles. The summed E-state index contributed by atoms with van der Waals surface area (Å²) in [6.07, 6.45) is 2.35. The molecule has 0 aromatic carbocycles. The molecule has 0 radical (unpaired) electrons. The van der Waals surface area contributed by atoms with Crippen LogP contribution in [0.2, 0.25) is 0 Å². The van der Waals surface area contributed by atoms with Gasteiger partial charge in [-0.3, -0.25) is 0 Å². The van der Waals surface area contributed by atoms with Crippen LogP contribution in [0.5, 0.6) is 5.88 Å². The lowest BCUT2D eigenvalue weighted by atomic mass is 10.1. The molecule has 1 aliphatic rings. The van der Waals surface area contributed by atoms with Crippen molar-refractivity contribution in [3.8, 4) is 11.9 Å². The van der Waals surface area contributed by atoms with Gasteiger partial charge in [0, 0.05) is 18.3 Å². The van der Waals surface area contributed by atoms with Gasteiger partial charge in [-0.2, -0.15) is 5.26 Å². The first-order valence-electron chi connectivity index (χ1n) is 5.54. The van der Waals surface area contributed by atoms with Gasteiger partial charge >= 0.3 is 0 Å². The molecule has 1 N–H and O–H groups in total. The van der Waals surface area contributed by atoms with E-state index in [1.165, 1.54) is 0 Å². The van der Waals surface area contributed by atoms with E-state index >= 15 is 0 Å². The first-order valence-corrected chi connectivity index (χ1v) is 5.54. The maximum Gasteiger partial charge on any atom is 0.215 e. The van der Waals surface area contributed by atoms with Crippen LogP contribution in [0, 0.1) is 18.3 Å². The van der Waals surface area contributed by atoms with Gasteiger partial charge in [0.1, 0.15) is 6.10 Å². The largest absolute Gasteiger partial charge is 0.473 e. The number of rotatable bonds is 2. The van der Waals surface area contributed by atoms with Crippen molar-refractivity contribution in [1.82, 2.24) is 10.3 Å². The van der Waals surface area contributed by atoms with E-state index in [2.05, 4.69) is 16.4 Å². The number of piperidine rings is 1. The molecule has 1 saturated heterocycles. The maximum absolute atomic E-state index is 8.85. The number of hydrogen-bond acceptors (Lipinski definition) is 4. The van der Waals surface area contributed by atoms with Crippen molar-refractivity contribution < 1.29 is 4.74 Å². The van der Waals surface area contributed by atoms with E-state index in [4.69, 9.17) is 10.00 Å². The molecule has 0 amide bonds. The molecule has 4 nitrogen and oxygen atoms in total. The molecule has 1 aromatic heterocycles.